The lowest BCUT2D eigenvalue weighted by Crippen LogP contribution is -2.42. The van der Waals surface area contributed by atoms with Crippen molar-refractivity contribution in [1.29, 1.82) is 0 Å². The summed E-state index contributed by atoms with van der Waals surface area (Å²) in [6, 6.07) is 3.50. The van der Waals surface area contributed by atoms with Gasteiger partial charge in [-0.3, -0.25) is 10.1 Å². The van der Waals surface area contributed by atoms with Gasteiger partial charge in [-0.2, -0.15) is 4.31 Å². The summed E-state index contributed by atoms with van der Waals surface area (Å²) in [6.07, 6.45) is 1.33. The van der Waals surface area contributed by atoms with Crippen molar-refractivity contribution in [1.82, 2.24) is 4.31 Å². The maximum Gasteiger partial charge on any atom is 0.289 e. The Labute approximate surface area is 127 Å². The van der Waals surface area contributed by atoms with E-state index in [1.54, 1.807) is 0 Å². The lowest BCUT2D eigenvalue weighted by molar-refractivity contribution is -0.384. The molecule has 21 heavy (non-hydrogen) atoms. The Morgan fingerprint density at radius 1 is 1.48 bits per heavy atom. The van der Waals surface area contributed by atoms with Gasteiger partial charge in [-0.25, -0.2) is 8.42 Å². The molecule has 0 saturated carbocycles. The Hall–Kier alpha value is -1.22. The van der Waals surface area contributed by atoms with E-state index in [1.807, 2.05) is 0 Å². The topological polar surface area (TPSA) is 89.8 Å². The van der Waals surface area contributed by atoms with Crippen LogP contribution in [0.5, 0.6) is 0 Å². The van der Waals surface area contributed by atoms with Crippen LogP contribution >= 0.6 is 11.6 Å². The van der Waals surface area contributed by atoms with Gasteiger partial charge in [0.2, 0.25) is 10.0 Å². The highest BCUT2D eigenvalue weighted by Gasteiger charge is 2.31. The number of nitro groups is 1. The van der Waals surface area contributed by atoms with E-state index in [0.717, 1.165) is 12.5 Å². The average Bonchev–Trinajstić information content (AvgIpc) is 2.47. The van der Waals surface area contributed by atoms with E-state index in [1.165, 1.54) is 23.5 Å². The maximum absolute atomic E-state index is 12.5. The summed E-state index contributed by atoms with van der Waals surface area (Å²) in [5.41, 5.74) is -0.418. The molecular weight excluding hydrogens is 320 g/mol. The summed E-state index contributed by atoms with van der Waals surface area (Å²) < 4.78 is 31.6. The van der Waals surface area contributed by atoms with Crippen LogP contribution in [0.15, 0.2) is 23.1 Å². The number of hydrogen-bond donors (Lipinski definition) is 0. The monoisotopic (exact) mass is 334 g/mol. The fourth-order valence-corrected chi connectivity index (χ4v) is 3.97. The molecular formula is C12H15ClN2O5S. The number of rotatable bonds is 4. The third kappa shape index (κ3) is 3.34. The summed E-state index contributed by atoms with van der Waals surface area (Å²) in [5, 5.41) is 10.8. The van der Waals surface area contributed by atoms with Crippen LogP contribution in [0.25, 0.3) is 0 Å². The second-order valence-corrected chi connectivity index (χ2v) is 7.08. The molecule has 116 valence electrons. The molecule has 0 aromatic heterocycles. The summed E-state index contributed by atoms with van der Waals surface area (Å²) in [4.78, 5) is 10.0. The molecule has 1 unspecified atom stereocenters. The number of methoxy groups -OCH3 is 1. The molecule has 2 rings (SSSR count). The molecule has 1 fully saturated rings. The Kier molecular flexibility index (Phi) is 4.82. The summed E-state index contributed by atoms with van der Waals surface area (Å²) in [6.45, 7) is 0.619. The Balaban J connectivity index is 2.35. The number of nitrogens with zero attached hydrogens (tertiary/aromatic N) is 2. The van der Waals surface area contributed by atoms with Crippen molar-refractivity contribution in [2.75, 3.05) is 20.2 Å². The largest absolute Gasteiger partial charge is 0.380 e. The van der Waals surface area contributed by atoms with Gasteiger partial charge in [0.15, 0.2) is 0 Å². The molecule has 0 spiro atoms. The minimum absolute atomic E-state index is 0.0904. The number of ether oxygens (including phenoxy) is 1. The fourth-order valence-electron chi connectivity index (χ4n) is 2.26. The molecule has 7 nitrogen and oxygen atoms in total. The molecule has 1 aliphatic heterocycles. The van der Waals surface area contributed by atoms with Crippen LogP contribution in [0.2, 0.25) is 5.02 Å². The first-order valence-electron chi connectivity index (χ1n) is 6.33. The number of halogens is 1. The smallest absolute Gasteiger partial charge is 0.289 e. The molecule has 0 radical (unpaired) electrons. The molecule has 0 aliphatic carbocycles. The molecule has 1 aromatic carbocycles. The van der Waals surface area contributed by atoms with E-state index >= 15 is 0 Å². The first-order chi connectivity index (χ1) is 9.86. The van der Waals surface area contributed by atoms with Gasteiger partial charge in [-0.05, 0) is 25.0 Å². The quantitative estimate of drug-likeness (QED) is 0.621. The predicted octanol–water partition coefficient (Wildman–Crippen LogP) is 2.05. The van der Waals surface area contributed by atoms with E-state index in [-0.39, 0.29) is 22.6 Å². The first kappa shape index (κ1) is 16.2. The molecule has 0 amide bonds. The summed E-state index contributed by atoms with van der Waals surface area (Å²) in [5.74, 6) is 0. The van der Waals surface area contributed by atoms with E-state index in [0.29, 0.717) is 13.0 Å². The van der Waals surface area contributed by atoms with E-state index in [9.17, 15) is 18.5 Å². The van der Waals surface area contributed by atoms with Gasteiger partial charge in [0.1, 0.15) is 5.02 Å². The molecule has 1 heterocycles. The Morgan fingerprint density at radius 3 is 2.81 bits per heavy atom. The van der Waals surface area contributed by atoms with Gasteiger partial charge in [0.25, 0.3) is 5.69 Å². The van der Waals surface area contributed by atoms with Crippen molar-refractivity contribution in [2.45, 2.75) is 23.8 Å². The zero-order valence-electron chi connectivity index (χ0n) is 11.4. The third-order valence-corrected chi connectivity index (χ3v) is 5.61. The van der Waals surface area contributed by atoms with E-state index < -0.39 is 20.6 Å². The summed E-state index contributed by atoms with van der Waals surface area (Å²) in [7, 11) is -2.25. The zero-order chi connectivity index (χ0) is 15.6. The van der Waals surface area contributed by atoms with Gasteiger partial charge < -0.3 is 4.74 Å². The predicted molar refractivity (Wildman–Crippen MR) is 76.9 cm³/mol. The van der Waals surface area contributed by atoms with Gasteiger partial charge in [-0.1, -0.05) is 11.6 Å². The van der Waals surface area contributed by atoms with Gasteiger partial charge >= 0.3 is 0 Å². The highest BCUT2D eigenvalue weighted by molar-refractivity contribution is 7.89. The van der Waals surface area contributed by atoms with Crippen molar-refractivity contribution in [2.24, 2.45) is 0 Å². The Bertz CT molecular complexity index is 649. The van der Waals surface area contributed by atoms with Gasteiger partial charge in [0, 0.05) is 26.3 Å². The molecule has 9 heteroatoms. The van der Waals surface area contributed by atoms with Crippen LogP contribution in [-0.4, -0.2) is 43.9 Å². The van der Waals surface area contributed by atoms with Crippen LogP contribution in [-0.2, 0) is 14.8 Å². The number of benzene rings is 1. The van der Waals surface area contributed by atoms with Gasteiger partial charge in [-0.15, -0.1) is 0 Å². The second-order valence-electron chi connectivity index (χ2n) is 4.73. The maximum atomic E-state index is 12.5. The van der Waals surface area contributed by atoms with Crippen LogP contribution in [0, 0.1) is 10.1 Å². The highest BCUT2D eigenvalue weighted by Crippen LogP contribution is 2.29. The van der Waals surface area contributed by atoms with Crippen LogP contribution in [0.1, 0.15) is 12.8 Å². The van der Waals surface area contributed by atoms with Crippen LogP contribution in [0.3, 0.4) is 0 Å². The van der Waals surface area contributed by atoms with E-state index in [2.05, 4.69) is 0 Å². The lowest BCUT2D eigenvalue weighted by Gasteiger charge is -2.31. The normalized spacial score (nSPS) is 20.4. The first-order valence-corrected chi connectivity index (χ1v) is 8.15. The van der Waals surface area contributed by atoms with Crippen molar-refractivity contribution < 1.29 is 18.1 Å². The second kappa shape index (κ2) is 6.27. The summed E-state index contributed by atoms with van der Waals surface area (Å²) >= 11 is 5.70. The van der Waals surface area contributed by atoms with Crippen molar-refractivity contribution in [3.8, 4) is 0 Å². The standard InChI is InChI=1S/C12H15ClN2O5S/c1-20-9-3-2-6-14(8-9)21(18,19)10-4-5-11(13)12(7-10)15(16)17/h4-5,7,9H,2-3,6,8H2,1H3. The zero-order valence-corrected chi connectivity index (χ0v) is 12.9. The van der Waals surface area contributed by atoms with Gasteiger partial charge in [0.05, 0.1) is 15.9 Å². The molecule has 1 aromatic rings. The highest BCUT2D eigenvalue weighted by atomic mass is 35.5. The fraction of sp³-hybridized carbons (Fsp3) is 0.500. The minimum Gasteiger partial charge on any atom is -0.380 e. The van der Waals surface area contributed by atoms with E-state index in [4.69, 9.17) is 16.3 Å². The van der Waals surface area contributed by atoms with Crippen LogP contribution in [0.4, 0.5) is 5.69 Å². The number of hydrogen-bond acceptors (Lipinski definition) is 5. The number of piperidine rings is 1. The molecule has 0 bridgehead atoms. The van der Waals surface area contributed by atoms with Crippen LogP contribution < -0.4 is 0 Å². The molecule has 1 atom stereocenters. The number of sulfonamides is 1. The third-order valence-electron chi connectivity index (χ3n) is 3.43. The lowest BCUT2D eigenvalue weighted by atomic mass is 10.1. The molecule has 0 N–H and O–H groups in total. The SMILES string of the molecule is COC1CCCN(S(=O)(=O)c2ccc(Cl)c([N+](=O)[O-])c2)C1. The van der Waals surface area contributed by atoms with Crippen molar-refractivity contribution >= 4 is 27.3 Å². The minimum atomic E-state index is -3.79. The Morgan fingerprint density at radius 2 is 2.19 bits per heavy atom. The van der Waals surface area contributed by atoms with Crippen molar-refractivity contribution in [3.63, 3.8) is 0 Å². The van der Waals surface area contributed by atoms with Crippen molar-refractivity contribution in [3.05, 3.63) is 33.3 Å². The molecule has 1 saturated heterocycles. The molecule has 1 aliphatic rings. The number of nitro benzene ring substituents is 1. The average molecular weight is 335 g/mol.